The maximum absolute atomic E-state index is 12.6. The highest BCUT2D eigenvalue weighted by Crippen LogP contribution is 2.26. The van der Waals surface area contributed by atoms with E-state index >= 15 is 0 Å². The van der Waals surface area contributed by atoms with Crippen LogP contribution in [-0.2, 0) is 19.4 Å². The van der Waals surface area contributed by atoms with Crippen molar-refractivity contribution in [3.8, 4) is 0 Å². The zero-order valence-electron chi connectivity index (χ0n) is 15.6. The van der Waals surface area contributed by atoms with Crippen LogP contribution in [-0.4, -0.2) is 100 Å². The minimum Gasteiger partial charge on any atom is -0.379 e. The summed E-state index contributed by atoms with van der Waals surface area (Å²) in [5, 5.41) is 0.526. The number of halogens is 2. The van der Waals surface area contributed by atoms with E-state index in [-0.39, 0.29) is 21.6 Å². The molecule has 0 atom stereocenters. The van der Waals surface area contributed by atoms with Crippen LogP contribution in [0, 0.1) is 0 Å². The van der Waals surface area contributed by atoms with E-state index in [1.54, 1.807) is 6.07 Å². The van der Waals surface area contributed by atoms with E-state index in [1.165, 1.54) is 12.1 Å². The van der Waals surface area contributed by atoms with Crippen molar-refractivity contribution >= 4 is 38.9 Å². The van der Waals surface area contributed by atoms with Crippen molar-refractivity contribution in [2.24, 2.45) is 0 Å². The molecule has 0 saturated carbocycles. The molecule has 0 bridgehead atoms. The maximum Gasteiger partial charge on any atom is 0.236 e. The number of morpholine rings is 1. The largest absolute Gasteiger partial charge is 0.379 e. The number of hydrogen-bond acceptors (Lipinski definition) is 6. The molecule has 7 nitrogen and oxygen atoms in total. The molecule has 0 N–H and O–H groups in total. The maximum atomic E-state index is 12.6. The second kappa shape index (κ2) is 9.73. The molecule has 1 amide bonds. The fourth-order valence-electron chi connectivity index (χ4n) is 3.35. The summed E-state index contributed by atoms with van der Waals surface area (Å²) >= 11 is 11.9. The molecule has 2 aliphatic heterocycles. The molecule has 1 aromatic rings. The first kappa shape index (κ1) is 21.8. The van der Waals surface area contributed by atoms with Crippen LogP contribution in [0.4, 0.5) is 0 Å². The number of rotatable bonds is 6. The van der Waals surface area contributed by atoms with Crippen LogP contribution in [0.25, 0.3) is 0 Å². The first-order valence-corrected chi connectivity index (χ1v) is 11.7. The first-order valence-electron chi connectivity index (χ1n) is 9.33. The Morgan fingerprint density at radius 2 is 1.68 bits per heavy atom. The van der Waals surface area contributed by atoms with Gasteiger partial charge in [-0.1, -0.05) is 23.2 Å². The second-order valence-corrected chi connectivity index (χ2v) is 9.93. The van der Waals surface area contributed by atoms with Crippen molar-refractivity contribution in [2.45, 2.75) is 4.90 Å². The minimum absolute atomic E-state index is 0.0329. The summed E-state index contributed by atoms with van der Waals surface area (Å²) in [5.41, 5.74) is 0. The van der Waals surface area contributed by atoms with Crippen LogP contribution in [0.5, 0.6) is 0 Å². The van der Waals surface area contributed by atoms with E-state index in [1.807, 2.05) is 4.90 Å². The van der Waals surface area contributed by atoms with Crippen molar-refractivity contribution in [1.82, 2.24) is 14.7 Å². The lowest BCUT2D eigenvalue weighted by molar-refractivity contribution is -0.135. The van der Waals surface area contributed by atoms with E-state index < -0.39 is 9.84 Å². The molecule has 1 aromatic carbocycles. The van der Waals surface area contributed by atoms with Gasteiger partial charge in [-0.25, -0.2) is 8.42 Å². The second-order valence-electron chi connectivity index (χ2n) is 7.00. The molecule has 2 aliphatic rings. The third kappa shape index (κ3) is 5.81. The van der Waals surface area contributed by atoms with E-state index in [0.717, 1.165) is 13.1 Å². The average molecular weight is 450 g/mol. The van der Waals surface area contributed by atoms with Crippen LogP contribution < -0.4 is 0 Å². The standard InChI is InChI=1S/C18H25Cl2N3O4S/c19-15-1-2-16(20)17(13-15)28(25,26)12-9-21-3-5-23(6-4-21)18(24)14-22-7-10-27-11-8-22/h1-2,13H,3-12,14H2. The van der Waals surface area contributed by atoms with Gasteiger partial charge in [-0.15, -0.1) is 0 Å². The van der Waals surface area contributed by atoms with Gasteiger partial charge in [0.1, 0.15) is 0 Å². The predicted octanol–water partition coefficient (Wildman–Crippen LogP) is 1.24. The Bertz CT molecular complexity index is 792. The Morgan fingerprint density at radius 3 is 2.36 bits per heavy atom. The summed E-state index contributed by atoms with van der Waals surface area (Å²) in [4.78, 5) is 18.5. The summed E-state index contributed by atoms with van der Waals surface area (Å²) < 4.78 is 30.5. The lowest BCUT2D eigenvalue weighted by Gasteiger charge is -2.36. The molecular formula is C18H25Cl2N3O4S. The number of carbonyl (C=O) groups is 1. The fourth-order valence-corrected chi connectivity index (χ4v) is 5.44. The molecular weight excluding hydrogens is 425 g/mol. The summed E-state index contributed by atoms with van der Waals surface area (Å²) in [6.45, 7) is 6.29. The summed E-state index contributed by atoms with van der Waals surface area (Å²) in [7, 11) is -3.52. The van der Waals surface area contributed by atoms with Crippen molar-refractivity contribution in [1.29, 1.82) is 0 Å². The zero-order chi connectivity index (χ0) is 20.1. The third-order valence-electron chi connectivity index (χ3n) is 5.09. The lowest BCUT2D eigenvalue weighted by atomic mass is 10.3. The number of hydrogen-bond donors (Lipinski definition) is 0. The van der Waals surface area contributed by atoms with Gasteiger partial charge in [0.15, 0.2) is 9.84 Å². The number of carbonyl (C=O) groups excluding carboxylic acids is 1. The molecule has 0 aliphatic carbocycles. The zero-order valence-corrected chi connectivity index (χ0v) is 18.0. The first-order chi connectivity index (χ1) is 13.3. The van der Waals surface area contributed by atoms with Crippen LogP contribution >= 0.6 is 23.2 Å². The van der Waals surface area contributed by atoms with Gasteiger partial charge in [0.25, 0.3) is 0 Å². The number of nitrogens with zero attached hydrogens (tertiary/aromatic N) is 3. The molecule has 0 aromatic heterocycles. The monoisotopic (exact) mass is 449 g/mol. The smallest absolute Gasteiger partial charge is 0.236 e. The van der Waals surface area contributed by atoms with Gasteiger partial charge in [0.05, 0.1) is 35.4 Å². The number of benzene rings is 1. The highest BCUT2D eigenvalue weighted by molar-refractivity contribution is 7.91. The molecule has 28 heavy (non-hydrogen) atoms. The number of amides is 1. The number of ether oxygens (including phenoxy) is 1. The van der Waals surface area contributed by atoms with Gasteiger partial charge < -0.3 is 9.64 Å². The summed E-state index contributed by atoms with van der Waals surface area (Å²) in [6, 6.07) is 4.45. The van der Waals surface area contributed by atoms with Crippen molar-refractivity contribution in [2.75, 3.05) is 71.3 Å². The Hall–Kier alpha value is -0.900. The van der Waals surface area contributed by atoms with Crippen molar-refractivity contribution in [3.63, 3.8) is 0 Å². The van der Waals surface area contributed by atoms with Gasteiger partial charge in [-0.3, -0.25) is 14.6 Å². The van der Waals surface area contributed by atoms with E-state index in [9.17, 15) is 13.2 Å². The fraction of sp³-hybridized carbons (Fsp3) is 0.611. The molecule has 2 fully saturated rings. The van der Waals surface area contributed by atoms with E-state index in [4.69, 9.17) is 27.9 Å². The quantitative estimate of drug-likeness (QED) is 0.650. The van der Waals surface area contributed by atoms with Gasteiger partial charge in [-0.05, 0) is 18.2 Å². The van der Waals surface area contributed by atoms with Crippen molar-refractivity contribution < 1.29 is 17.9 Å². The summed E-state index contributed by atoms with van der Waals surface area (Å²) in [6.07, 6.45) is 0. The Morgan fingerprint density at radius 1 is 1.00 bits per heavy atom. The van der Waals surface area contributed by atoms with Crippen LogP contribution in [0.2, 0.25) is 10.0 Å². The number of piperazine rings is 1. The van der Waals surface area contributed by atoms with Crippen molar-refractivity contribution in [3.05, 3.63) is 28.2 Å². The van der Waals surface area contributed by atoms with Gasteiger partial charge >= 0.3 is 0 Å². The summed E-state index contributed by atoms with van der Waals surface area (Å²) in [5.74, 6) is 0.0919. The Kier molecular flexibility index (Phi) is 7.58. The minimum atomic E-state index is -3.52. The van der Waals surface area contributed by atoms with Gasteiger partial charge in [-0.2, -0.15) is 0 Å². The van der Waals surface area contributed by atoms with Crippen LogP contribution in [0.15, 0.2) is 23.1 Å². The highest BCUT2D eigenvalue weighted by Gasteiger charge is 2.25. The molecule has 2 saturated heterocycles. The predicted molar refractivity (Wildman–Crippen MR) is 109 cm³/mol. The normalized spacial score (nSPS) is 19.7. The molecule has 3 rings (SSSR count). The molecule has 0 unspecified atom stereocenters. The van der Waals surface area contributed by atoms with Gasteiger partial charge in [0, 0.05) is 50.8 Å². The van der Waals surface area contributed by atoms with Crippen LogP contribution in [0.1, 0.15) is 0 Å². The average Bonchev–Trinajstić information content (AvgIpc) is 2.69. The number of sulfone groups is 1. The van der Waals surface area contributed by atoms with E-state index in [2.05, 4.69) is 9.80 Å². The SMILES string of the molecule is O=C(CN1CCOCC1)N1CCN(CCS(=O)(=O)c2cc(Cl)ccc2Cl)CC1. The van der Waals surface area contributed by atoms with Crippen LogP contribution in [0.3, 0.4) is 0 Å². The molecule has 2 heterocycles. The third-order valence-corrected chi connectivity index (χ3v) is 7.50. The molecule has 156 valence electrons. The molecule has 0 spiro atoms. The highest BCUT2D eigenvalue weighted by atomic mass is 35.5. The van der Waals surface area contributed by atoms with Gasteiger partial charge in [0.2, 0.25) is 5.91 Å². The topological polar surface area (TPSA) is 70.2 Å². The van der Waals surface area contributed by atoms with E-state index in [0.29, 0.717) is 57.5 Å². The molecule has 0 radical (unpaired) electrons. The Balaban J connectivity index is 1.46. The Labute approximate surface area is 176 Å². The lowest BCUT2D eigenvalue weighted by Crippen LogP contribution is -2.52. The molecule has 10 heteroatoms.